The normalized spacial score (nSPS) is 22.7. The van der Waals surface area contributed by atoms with Gasteiger partial charge in [0, 0.05) is 18.8 Å². The molecular formula is C17H21N3O2S. The largest absolute Gasteiger partial charge is 0.241 e. The summed E-state index contributed by atoms with van der Waals surface area (Å²) in [5, 5.41) is 5.15. The summed E-state index contributed by atoms with van der Waals surface area (Å²) < 4.78 is 22.7. The van der Waals surface area contributed by atoms with Gasteiger partial charge in [0.1, 0.15) is 5.82 Å². The molecule has 122 valence electrons. The molecule has 2 unspecified atom stereocenters. The van der Waals surface area contributed by atoms with E-state index in [1.54, 1.807) is 24.5 Å². The Hall–Kier alpha value is -1.79. The molecule has 1 aromatic carbocycles. The summed E-state index contributed by atoms with van der Waals surface area (Å²) in [6.45, 7) is 4.50. The SMILES string of the molecule is CC1(C)C(CCc2ncccn2)C1c1ccc(S(N)(=O)=O)cc1. The zero-order valence-corrected chi connectivity index (χ0v) is 14.1. The molecule has 0 spiro atoms. The topological polar surface area (TPSA) is 85.9 Å². The third-order valence-corrected chi connectivity index (χ3v) is 5.85. The lowest BCUT2D eigenvalue weighted by molar-refractivity contribution is 0.526. The minimum atomic E-state index is -3.63. The van der Waals surface area contributed by atoms with E-state index in [1.165, 1.54) is 5.56 Å². The lowest BCUT2D eigenvalue weighted by Gasteiger charge is -2.04. The second-order valence-electron chi connectivity index (χ2n) is 6.72. The van der Waals surface area contributed by atoms with Crippen LogP contribution in [0.3, 0.4) is 0 Å². The maximum Gasteiger partial charge on any atom is 0.238 e. The van der Waals surface area contributed by atoms with Gasteiger partial charge in [-0.1, -0.05) is 26.0 Å². The first kappa shape index (κ1) is 16.1. The van der Waals surface area contributed by atoms with E-state index in [9.17, 15) is 8.42 Å². The summed E-state index contributed by atoms with van der Waals surface area (Å²) in [6.07, 6.45) is 5.42. The minimum Gasteiger partial charge on any atom is -0.241 e. The van der Waals surface area contributed by atoms with E-state index in [-0.39, 0.29) is 10.3 Å². The van der Waals surface area contributed by atoms with Crippen LogP contribution in [0.2, 0.25) is 0 Å². The average molecular weight is 331 g/mol. The molecule has 6 heteroatoms. The molecule has 23 heavy (non-hydrogen) atoms. The summed E-state index contributed by atoms with van der Waals surface area (Å²) >= 11 is 0. The Kier molecular flexibility index (Phi) is 3.98. The van der Waals surface area contributed by atoms with Gasteiger partial charge < -0.3 is 0 Å². The van der Waals surface area contributed by atoms with Gasteiger partial charge in [-0.15, -0.1) is 0 Å². The van der Waals surface area contributed by atoms with E-state index >= 15 is 0 Å². The van der Waals surface area contributed by atoms with E-state index in [0.29, 0.717) is 11.8 Å². The minimum absolute atomic E-state index is 0.161. The maximum absolute atomic E-state index is 11.3. The Labute approximate surface area is 137 Å². The number of hydrogen-bond donors (Lipinski definition) is 1. The molecule has 1 aliphatic carbocycles. The molecule has 2 aromatic rings. The van der Waals surface area contributed by atoms with Crippen LogP contribution in [0.15, 0.2) is 47.6 Å². The van der Waals surface area contributed by atoms with Gasteiger partial charge in [0.2, 0.25) is 10.0 Å². The molecular weight excluding hydrogens is 310 g/mol. The van der Waals surface area contributed by atoms with Gasteiger partial charge >= 0.3 is 0 Å². The molecule has 1 aliphatic rings. The number of primary sulfonamides is 1. The van der Waals surface area contributed by atoms with Crippen molar-refractivity contribution in [1.29, 1.82) is 0 Å². The van der Waals surface area contributed by atoms with Crippen molar-refractivity contribution >= 4 is 10.0 Å². The number of sulfonamides is 1. The van der Waals surface area contributed by atoms with Crippen LogP contribution in [0.1, 0.15) is 37.6 Å². The Morgan fingerprint density at radius 3 is 2.30 bits per heavy atom. The molecule has 1 fully saturated rings. The van der Waals surface area contributed by atoms with Crippen molar-refractivity contribution in [3.05, 3.63) is 54.1 Å². The van der Waals surface area contributed by atoms with Crippen LogP contribution < -0.4 is 5.14 Å². The van der Waals surface area contributed by atoms with Crippen molar-refractivity contribution in [3.8, 4) is 0 Å². The third-order valence-electron chi connectivity index (χ3n) is 4.92. The van der Waals surface area contributed by atoms with Crippen LogP contribution in [0.5, 0.6) is 0 Å². The maximum atomic E-state index is 11.3. The van der Waals surface area contributed by atoms with Crippen molar-refractivity contribution < 1.29 is 8.42 Å². The predicted octanol–water partition coefficient (Wildman–Crippen LogP) is 2.50. The number of rotatable bonds is 5. The van der Waals surface area contributed by atoms with Crippen molar-refractivity contribution in [3.63, 3.8) is 0 Å². The number of aromatic nitrogens is 2. The fourth-order valence-corrected chi connectivity index (χ4v) is 4.07. The molecule has 2 N–H and O–H groups in total. The van der Waals surface area contributed by atoms with Gasteiger partial charge in [-0.3, -0.25) is 0 Å². The Morgan fingerprint density at radius 1 is 1.13 bits per heavy atom. The van der Waals surface area contributed by atoms with E-state index in [0.717, 1.165) is 18.7 Å². The number of hydrogen-bond acceptors (Lipinski definition) is 4. The first-order chi connectivity index (χ1) is 10.8. The van der Waals surface area contributed by atoms with Crippen LogP contribution in [-0.2, 0) is 16.4 Å². The van der Waals surface area contributed by atoms with Gasteiger partial charge in [-0.2, -0.15) is 0 Å². The summed E-state index contributed by atoms with van der Waals surface area (Å²) in [4.78, 5) is 8.70. The zero-order valence-electron chi connectivity index (χ0n) is 13.3. The molecule has 0 bridgehead atoms. The standard InChI is InChI=1S/C17H21N3O2S/c1-17(2)14(8-9-15-19-10-3-11-20-15)16(17)12-4-6-13(7-5-12)23(18,21)22/h3-7,10-11,14,16H,8-9H2,1-2H3,(H2,18,21,22). The van der Waals surface area contributed by atoms with E-state index in [1.807, 2.05) is 18.2 Å². The molecule has 2 atom stereocenters. The van der Waals surface area contributed by atoms with E-state index < -0.39 is 10.0 Å². The van der Waals surface area contributed by atoms with Crippen LogP contribution in [0.4, 0.5) is 0 Å². The molecule has 0 radical (unpaired) electrons. The first-order valence-corrected chi connectivity index (χ1v) is 9.23. The van der Waals surface area contributed by atoms with Gasteiger partial charge in [0.05, 0.1) is 4.90 Å². The number of nitrogens with zero attached hydrogens (tertiary/aromatic N) is 2. The lowest BCUT2D eigenvalue weighted by atomic mass is 10.0. The summed E-state index contributed by atoms with van der Waals surface area (Å²) in [5.74, 6) is 1.85. The monoisotopic (exact) mass is 331 g/mol. The first-order valence-electron chi connectivity index (χ1n) is 7.69. The molecule has 1 saturated carbocycles. The highest BCUT2D eigenvalue weighted by Crippen LogP contribution is 2.66. The fraction of sp³-hybridized carbons (Fsp3) is 0.412. The highest BCUT2D eigenvalue weighted by molar-refractivity contribution is 7.89. The molecule has 0 aliphatic heterocycles. The summed E-state index contributed by atoms with van der Waals surface area (Å²) in [7, 11) is -3.63. The number of nitrogens with two attached hydrogens (primary N) is 1. The second-order valence-corrected chi connectivity index (χ2v) is 8.28. The highest BCUT2D eigenvalue weighted by Gasteiger charge is 2.57. The van der Waals surface area contributed by atoms with Gasteiger partial charge in [-0.25, -0.2) is 23.5 Å². The van der Waals surface area contributed by atoms with Crippen LogP contribution in [0.25, 0.3) is 0 Å². The van der Waals surface area contributed by atoms with Gasteiger partial charge in [-0.05, 0) is 47.4 Å². The fourth-order valence-electron chi connectivity index (χ4n) is 3.55. The Morgan fingerprint density at radius 2 is 1.74 bits per heavy atom. The van der Waals surface area contributed by atoms with Crippen molar-refractivity contribution in [2.75, 3.05) is 0 Å². The number of aryl methyl sites for hydroxylation is 1. The zero-order chi connectivity index (χ0) is 16.7. The molecule has 5 nitrogen and oxygen atoms in total. The van der Waals surface area contributed by atoms with E-state index in [4.69, 9.17) is 5.14 Å². The summed E-state index contributed by atoms with van der Waals surface area (Å²) in [6, 6.07) is 8.77. The lowest BCUT2D eigenvalue weighted by Crippen LogP contribution is -2.11. The molecule has 3 rings (SSSR count). The van der Waals surface area contributed by atoms with Crippen molar-refractivity contribution in [2.45, 2.75) is 37.5 Å². The average Bonchev–Trinajstić information content (AvgIpc) is 3.06. The predicted molar refractivity (Wildman–Crippen MR) is 88.2 cm³/mol. The Bertz CT molecular complexity index is 786. The van der Waals surface area contributed by atoms with E-state index in [2.05, 4.69) is 23.8 Å². The quantitative estimate of drug-likeness (QED) is 0.912. The van der Waals surface area contributed by atoms with Crippen molar-refractivity contribution in [1.82, 2.24) is 9.97 Å². The van der Waals surface area contributed by atoms with Crippen LogP contribution in [-0.4, -0.2) is 18.4 Å². The van der Waals surface area contributed by atoms with Crippen molar-refractivity contribution in [2.24, 2.45) is 16.5 Å². The highest BCUT2D eigenvalue weighted by atomic mass is 32.2. The van der Waals surface area contributed by atoms with Crippen LogP contribution >= 0.6 is 0 Å². The Balaban J connectivity index is 1.71. The third kappa shape index (κ3) is 3.28. The molecule has 0 amide bonds. The van der Waals surface area contributed by atoms with Crippen LogP contribution in [0, 0.1) is 11.3 Å². The van der Waals surface area contributed by atoms with Gasteiger partial charge in [0.25, 0.3) is 0 Å². The molecule has 0 saturated heterocycles. The summed E-state index contributed by atoms with van der Waals surface area (Å²) in [5.41, 5.74) is 1.37. The smallest absolute Gasteiger partial charge is 0.238 e. The molecule has 1 aromatic heterocycles. The second kappa shape index (κ2) is 5.69. The molecule has 1 heterocycles. The van der Waals surface area contributed by atoms with Gasteiger partial charge in [0.15, 0.2) is 0 Å². The number of benzene rings is 1.